The Balaban J connectivity index is 2.74. The van der Waals surface area contributed by atoms with Gasteiger partial charge in [-0.2, -0.15) is 12.7 Å². The maximum atomic E-state index is 12.1. The standard InChI is InChI=1S/C11H15N3O4S/c1-13(2)19(15,16)14-7-12-8-5-10(17-3)11(18-4)6-9(8)14/h5-7H,1-4H3. The molecule has 2 aromatic rings. The number of hydrogen-bond donors (Lipinski definition) is 0. The minimum Gasteiger partial charge on any atom is -0.493 e. The Labute approximate surface area is 111 Å². The number of hydrogen-bond acceptors (Lipinski definition) is 5. The van der Waals surface area contributed by atoms with Gasteiger partial charge < -0.3 is 9.47 Å². The molecule has 0 spiro atoms. The Morgan fingerprint density at radius 2 is 1.74 bits per heavy atom. The third-order valence-electron chi connectivity index (χ3n) is 2.73. The second-order valence-electron chi connectivity index (χ2n) is 4.03. The number of fused-ring (bicyclic) bond motifs is 1. The molecule has 1 heterocycles. The van der Waals surface area contributed by atoms with Crippen LogP contribution in [0, 0.1) is 0 Å². The lowest BCUT2D eigenvalue weighted by atomic mass is 10.3. The Hall–Kier alpha value is -1.80. The van der Waals surface area contributed by atoms with Crippen LogP contribution in [0.25, 0.3) is 11.0 Å². The molecule has 0 amide bonds. The van der Waals surface area contributed by atoms with Crippen LogP contribution < -0.4 is 9.47 Å². The number of methoxy groups -OCH3 is 2. The highest BCUT2D eigenvalue weighted by molar-refractivity contribution is 7.87. The summed E-state index contributed by atoms with van der Waals surface area (Å²) in [6.07, 6.45) is 1.26. The summed E-state index contributed by atoms with van der Waals surface area (Å²) in [5.41, 5.74) is 0.953. The molecule has 0 aliphatic rings. The molecule has 7 nitrogen and oxygen atoms in total. The van der Waals surface area contributed by atoms with Crippen molar-refractivity contribution >= 4 is 21.2 Å². The van der Waals surface area contributed by atoms with Crippen molar-refractivity contribution in [1.82, 2.24) is 13.3 Å². The average molecular weight is 285 g/mol. The van der Waals surface area contributed by atoms with Crippen molar-refractivity contribution < 1.29 is 17.9 Å². The number of nitrogens with zero attached hydrogens (tertiary/aromatic N) is 3. The maximum absolute atomic E-state index is 12.1. The zero-order valence-electron chi connectivity index (χ0n) is 11.1. The molecule has 0 unspecified atom stereocenters. The summed E-state index contributed by atoms with van der Waals surface area (Å²) < 4.78 is 36.8. The van der Waals surface area contributed by atoms with E-state index < -0.39 is 10.2 Å². The fraction of sp³-hybridized carbons (Fsp3) is 0.364. The van der Waals surface area contributed by atoms with Gasteiger partial charge in [-0.1, -0.05) is 0 Å². The van der Waals surface area contributed by atoms with Gasteiger partial charge in [-0.3, -0.25) is 0 Å². The molecule has 0 aliphatic heterocycles. The van der Waals surface area contributed by atoms with Gasteiger partial charge in [0, 0.05) is 26.2 Å². The number of imidazole rings is 1. The van der Waals surface area contributed by atoms with Crippen molar-refractivity contribution in [2.75, 3.05) is 28.3 Å². The first-order valence-electron chi connectivity index (χ1n) is 5.44. The summed E-state index contributed by atoms with van der Waals surface area (Å²) in [7, 11) is 2.31. The van der Waals surface area contributed by atoms with E-state index in [2.05, 4.69) is 4.98 Å². The van der Waals surface area contributed by atoms with Crippen molar-refractivity contribution in [3.05, 3.63) is 18.5 Å². The van der Waals surface area contributed by atoms with E-state index in [0.717, 1.165) is 8.28 Å². The van der Waals surface area contributed by atoms with Crippen LogP contribution >= 0.6 is 0 Å². The maximum Gasteiger partial charge on any atom is 0.308 e. The van der Waals surface area contributed by atoms with Crippen molar-refractivity contribution in [1.29, 1.82) is 0 Å². The van der Waals surface area contributed by atoms with Gasteiger partial charge in [0.2, 0.25) is 0 Å². The zero-order chi connectivity index (χ0) is 14.2. The van der Waals surface area contributed by atoms with E-state index in [1.54, 1.807) is 12.1 Å². The molecule has 0 saturated heterocycles. The molecule has 0 bridgehead atoms. The van der Waals surface area contributed by atoms with Crippen LogP contribution in [0.15, 0.2) is 18.5 Å². The van der Waals surface area contributed by atoms with E-state index in [0.29, 0.717) is 22.5 Å². The second kappa shape index (κ2) is 4.71. The Bertz CT molecular complexity index is 706. The average Bonchev–Trinajstić information content (AvgIpc) is 2.79. The number of benzene rings is 1. The molecule has 0 aliphatic carbocycles. The lowest BCUT2D eigenvalue weighted by Crippen LogP contribution is -2.28. The van der Waals surface area contributed by atoms with Gasteiger partial charge in [-0.25, -0.2) is 8.96 Å². The molecule has 0 atom stereocenters. The summed E-state index contributed by atoms with van der Waals surface area (Å²) in [5, 5.41) is 0. The van der Waals surface area contributed by atoms with Crippen molar-refractivity contribution in [2.24, 2.45) is 0 Å². The SMILES string of the molecule is COc1cc2ncn(S(=O)(=O)N(C)C)c2cc1OC. The van der Waals surface area contributed by atoms with Crippen LogP contribution in [0.5, 0.6) is 11.5 Å². The van der Waals surface area contributed by atoms with Crippen LogP contribution in [-0.2, 0) is 10.2 Å². The van der Waals surface area contributed by atoms with Gasteiger partial charge in [-0.05, 0) is 0 Å². The molecule has 2 rings (SSSR count). The molecule has 1 aromatic heterocycles. The van der Waals surface area contributed by atoms with E-state index in [-0.39, 0.29) is 0 Å². The van der Waals surface area contributed by atoms with E-state index in [9.17, 15) is 8.42 Å². The summed E-state index contributed by atoms with van der Waals surface area (Å²) in [4.78, 5) is 4.07. The molecular formula is C11H15N3O4S. The number of ether oxygens (including phenoxy) is 2. The summed E-state index contributed by atoms with van der Waals surface area (Å²) in [5.74, 6) is 0.952. The first kappa shape index (κ1) is 13.6. The van der Waals surface area contributed by atoms with E-state index in [4.69, 9.17) is 9.47 Å². The van der Waals surface area contributed by atoms with Gasteiger partial charge >= 0.3 is 10.2 Å². The predicted molar refractivity (Wildman–Crippen MR) is 70.8 cm³/mol. The van der Waals surface area contributed by atoms with Crippen molar-refractivity contribution in [3.8, 4) is 11.5 Å². The Morgan fingerprint density at radius 1 is 1.16 bits per heavy atom. The lowest BCUT2D eigenvalue weighted by Gasteiger charge is -2.13. The second-order valence-corrected chi connectivity index (χ2v) is 6.05. The van der Waals surface area contributed by atoms with E-state index in [1.807, 2.05) is 0 Å². The summed E-state index contributed by atoms with van der Waals surface area (Å²) in [6.45, 7) is 0. The number of aromatic nitrogens is 2. The Morgan fingerprint density at radius 3 is 2.26 bits per heavy atom. The van der Waals surface area contributed by atoms with E-state index >= 15 is 0 Å². The topological polar surface area (TPSA) is 73.7 Å². The predicted octanol–water partition coefficient (Wildman–Crippen LogP) is 0.708. The minimum absolute atomic E-state index is 0.436. The van der Waals surface area contributed by atoms with Gasteiger partial charge in [-0.15, -0.1) is 0 Å². The summed E-state index contributed by atoms with van der Waals surface area (Å²) >= 11 is 0. The zero-order valence-corrected chi connectivity index (χ0v) is 11.9. The molecular weight excluding hydrogens is 270 g/mol. The van der Waals surface area contributed by atoms with Crippen molar-refractivity contribution in [2.45, 2.75) is 0 Å². The van der Waals surface area contributed by atoms with Crippen LogP contribution in [0.3, 0.4) is 0 Å². The molecule has 0 saturated carbocycles. The van der Waals surface area contributed by atoms with Crippen LogP contribution in [0.1, 0.15) is 0 Å². The fourth-order valence-corrected chi connectivity index (χ4v) is 2.59. The molecule has 19 heavy (non-hydrogen) atoms. The number of rotatable bonds is 4. The third-order valence-corrected chi connectivity index (χ3v) is 4.44. The lowest BCUT2D eigenvalue weighted by molar-refractivity contribution is 0.355. The highest BCUT2D eigenvalue weighted by atomic mass is 32.2. The van der Waals surface area contributed by atoms with Crippen LogP contribution in [0.2, 0.25) is 0 Å². The molecule has 1 aromatic carbocycles. The monoisotopic (exact) mass is 285 g/mol. The highest BCUT2D eigenvalue weighted by Gasteiger charge is 2.20. The fourth-order valence-electron chi connectivity index (χ4n) is 1.67. The minimum atomic E-state index is -3.61. The first-order chi connectivity index (χ1) is 8.91. The first-order valence-corrected chi connectivity index (χ1v) is 6.83. The van der Waals surface area contributed by atoms with Gasteiger partial charge in [0.15, 0.2) is 11.5 Å². The molecule has 0 N–H and O–H groups in total. The van der Waals surface area contributed by atoms with Gasteiger partial charge in [0.1, 0.15) is 6.33 Å². The molecule has 0 fully saturated rings. The van der Waals surface area contributed by atoms with Crippen molar-refractivity contribution in [3.63, 3.8) is 0 Å². The van der Waals surface area contributed by atoms with Crippen LogP contribution in [0.4, 0.5) is 0 Å². The quantitative estimate of drug-likeness (QED) is 0.827. The largest absolute Gasteiger partial charge is 0.493 e. The van der Waals surface area contributed by atoms with E-state index in [1.165, 1.54) is 34.6 Å². The Kier molecular flexibility index (Phi) is 3.38. The molecule has 0 radical (unpaired) electrons. The van der Waals surface area contributed by atoms with Crippen LogP contribution in [-0.4, -0.2) is 50.0 Å². The molecule has 104 valence electrons. The normalized spacial score (nSPS) is 12.1. The molecule has 8 heteroatoms. The van der Waals surface area contributed by atoms with Gasteiger partial charge in [0.05, 0.1) is 25.3 Å². The smallest absolute Gasteiger partial charge is 0.308 e. The van der Waals surface area contributed by atoms with Gasteiger partial charge in [0.25, 0.3) is 0 Å². The third kappa shape index (κ3) is 2.13. The summed E-state index contributed by atoms with van der Waals surface area (Å²) in [6, 6.07) is 3.22. The highest BCUT2D eigenvalue weighted by Crippen LogP contribution is 2.32.